The van der Waals surface area contributed by atoms with Crippen LogP contribution in [0.4, 0.5) is 4.39 Å². The highest BCUT2D eigenvalue weighted by Crippen LogP contribution is 2.15. The highest BCUT2D eigenvalue weighted by molar-refractivity contribution is 6.43. The molecule has 6 nitrogen and oxygen atoms in total. The first-order valence-electron chi connectivity index (χ1n) is 6.96. The summed E-state index contributed by atoms with van der Waals surface area (Å²) in [4.78, 5) is 30.7. The van der Waals surface area contributed by atoms with E-state index in [1.54, 1.807) is 24.4 Å². The van der Waals surface area contributed by atoms with Crippen molar-refractivity contribution in [2.24, 2.45) is 0 Å². The van der Waals surface area contributed by atoms with Crippen molar-refractivity contribution in [3.63, 3.8) is 0 Å². The molecule has 116 valence electrons. The SMILES string of the molecule is O=C(Cc1cc[nH]c1Cc1cccc(F)c1)C(=O)c1nc[nH]n1. The molecule has 2 N–H and O–H groups in total. The van der Waals surface area contributed by atoms with Gasteiger partial charge in [0.05, 0.1) is 0 Å². The minimum absolute atomic E-state index is 0.0540. The molecule has 0 aliphatic heterocycles. The van der Waals surface area contributed by atoms with Crippen LogP contribution in [0, 0.1) is 5.82 Å². The number of ketones is 2. The van der Waals surface area contributed by atoms with Crippen LogP contribution in [0.25, 0.3) is 0 Å². The maximum absolute atomic E-state index is 13.2. The Labute approximate surface area is 130 Å². The Morgan fingerprint density at radius 3 is 2.83 bits per heavy atom. The predicted molar refractivity (Wildman–Crippen MR) is 79.4 cm³/mol. The largest absolute Gasteiger partial charge is 0.364 e. The van der Waals surface area contributed by atoms with E-state index in [9.17, 15) is 14.0 Å². The number of nitrogens with zero attached hydrogens (tertiary/aromatic N) is 2. The Morgan fingerprint density at radius 1 is 1.22 bits per heavy atom. The molecular weight excluding hydrogens is 299 g/mol. The number of nitrogens with one attached hydrogen (secondary N) is 2. The maximum atomic E-state index is 13.2. The average Bonchev–Trinajstić information content (AvgIpc) is 3.19. The van der Waals surface area contributed by atoms with E-state index in [1.165, 1.54) is 18.5 Å². The smallest absolute Gasteiger partial charge is 0.267 e. The zero-order chi connectivity index (χ0) is 16.2. The van der Waals surface area contributed by atoms with Gasteiger partial charge in [0.2, 0.25) is 11.6 Å². The fourth-order valence-corrected chi connectivity index (χ4v) is 2.31. The van der Waals surface area contributed by atoms with Crippen molar-refractivity contribution in [2.75, 3.05) is 0 Å². The van der Waals surface area contributed by atoms with Crippen molar-refractivity contribution < 1.29 is 14.0 Å². The van der Waals surface area contributed by atoms with Crippen LogP contribution < -0.4 is 0 Å². The minimum atomic E-state index is -0.732. The quantitative estimate of drug-likeness (QED) is 0.537. The first-order chi connectivity index (χ1) is 11.1. The summed E-state index contributed by atoms with van der Waals surface area (Å²) in [5.74, 6) is -1.78. The van der Waals surface area contributed by atoms with Crippen LogP contribution in [0.5, 0.6) is 0 Å². The summed E-state index contributed by atoms with van der Waals surface area (Å²) < 4.78 is 13.2. The molecule has 0 aliphatic carbocycles. The molecule has 0 saturated carbocycles. The van der Waals surface area contributed by atoms with Gasteiger partial charge in [-0.2, -0.15) is 0 Å². The zero-order valence-electron chi connectivity index (χ0n) is 12.0. The Hall–Kier alpha value is -3.09. The number of rotatable bonds is 6. The lowest BCUT2D eigenvalue weighted by atomic mass is 10.0. The summed E-state index contributed by atoms with van der Waals surface area (Å²) in [5, 5.41) is 6.01. The normalized spacial score (nSPS) is 10.7. The molecule has 0 amide bonds. The number of carbonyl (C=O) groups excluding carboxylic acids is 2. The van der Waals surface area contributed by atoms with Crippen LogP contribution in [-0.2, 0) is 17.6 Å². The topological polar surface area (TPSA) is 91.5 Å². The molecule has 2 aromatic heterocycles. The van der Waals surface area contributed by atoms with Crippen LogP contribution >= 0.6 is 0 Å². The first kappa shape index (κ1) is 14.8. The van der Waals surface area contributed by atoms with Crippen LogP contribution in [0.1, 0.15) is 27.4 Å². The molecule has 1 aromatic carbocycles. The van der Waals surface area contributed by atoms with Crippen LogP contribution in [0.3, 0.4) is 0 Å². The molecule has 0 aliphatic rings. The first-order valence-corrected chi connectivity index (χ1v) is 6.96. The van der Waals surface area contributed by atoms with E-state index in [2.05, 4.69) is 20.2 Å². The molecule has 3 aromatic rings. The molecule has 7 heteroatoms. The number of carbonyl (C=O) groups is 2. The highest BCUT2D eigenvalue weighted by atomic mass is 19.1. The molecule has 0 spiro atoms. The molecule has 0 radical (unpaired) electrons. The van der Waals surface area contributed by atoms with Crippen molar-refractivity contribution >= 4 is 11.6 Å². The maximum Gasteiger partial charge on any atom is 0.267 e. The number of halogens is 1. The van der Waals surface area contributed by atoms with Gasteiger partial charge in [0.1, 0.15) is 12.1 Å². The van der Waals surface area contributed by atoms with Gasteiger partial charge in [-0.15, -0.1) is 5.10 Å². The van der Waals surface area contributed by atoms with Crippen LogP contribution in [0.15, 0.2) is 42.9 Å². The van der Waals surface area contributed by atoms with Crippen molar-refractivity contribution in [2.45, 2.75) is 12.8 Å². The summed E-state index contributed by atoms with van der Waals surface area (Å²) in [6, 6.07) is 7.97. The summed E-state index contributed by atoms with van der Waals surface area (Å²) >= 11 is 0. The van der Waals surface area contributed by atoms with Crippen molar-refractivity contribution in [3.05, 3.63) is 71.3 Å². The van der Waals surface area contributed by atoms with E-state index < -0.39 is 11.6 Å². The van der Waals surface area contributed by atoms with Crippen molar-refractivity contribution in [3.8, 4) is 0 Å². The molecule has 0 saturated heterocycles. The van der Waals surface area contributed by atoms with E-state index >= 15 is 0 Å². The summed E-state index contributed by atoms with van der Waals surface area (Å²) in [6.07, 6.45) is 3.32. The zero-order valence-corrected chi connectivity index (χ0v) is 12.0. The van der Waals surface area contributed by atoms with Crippen molar-refractivity contribution in [1.82, 2.24) is 20.2 Å². The second-order valence-electron chi connectivity index (χ2n) is 5.04. The number of hydrogen-bond donors (Lipinski definition) is 2. The Balaban J connectivity index is 1.73. The lowest BCUT2D eigenvalue weighted by molar-refractivity contribution is -0.114. The van der Waals surface area contributed by atoms with Gasteiger partial charge < -0.3 is 4.98 Å². The van der Waals surface area contributed by atoms with E-state index in [-0.39, 0.29) is 18.1 Å². The molecule has 0 unspecified atom stereocenters. The molecule has 0 bridgehead atoms. The molecule has 23 heavy (non-hydrogen) atoms. The summed E-state index contributed by atoms with van der Waals surface area (Å²) in [6.45, 7) is 0. The standard InChI is InChI=1S/C16H13FN4O2/c17-12-3-1-2-10(6-12)7-13-11(4-5-18-13)8-14(22)15(23)16-19-9-20-21-16/h1-6,9,18H,7-8H2,(H,19,20,21). The van der Waals surface area contributed by atoms with E-state index in [0.29, 0.717) is 12.0 Å². The molecule has 3 rings (SSSR count). The van der Waals surface area contributed by atoms with Gasteiger partial charge >= 0.3 is 0 Å². The fourth-order valence-electron chi connectivity index (χ4n) is 2.31. The Kier molecular flexibility index (Phi) is 4.09. The fraction of sp³-hybridized carbons (Fsp3) is 0.125. The van der Waals surface area contributed by atoms with Gasteiger partial charge in [0.25, 0.3) is 5.78 Å². The predicted octanol–water partition coefficient (Wildman–Crippen LogP) is 1.86. The highest BCUT2D eigenvalue weighted by Gasteiger charge is 2.21. The van der Waals surface area contributed by atoms with E-state index in [0.717, 1.165) is 11.3 Å². The number of benzene rings is 1. The molecule has 0 atom stereocenters. The third kappa shape index (κ3) is 3.39. The third-order valence-corrected chi connectivity index (χ3v) is 3.42. The van der Waals surface area contributed by atoms with Gasteiger partial charge in [0, 0.05) is 24.7 Å². The van der Waals surface area contributed by atoms with Gasteiger partial charge in [-0.1, -0.05) is 12.1 Å². The van der Waals surface area contributed by atoms with E-state index in [1.807, 2.05) is 0 Å². The van der Waals surface area contributed by atoms with Gasteiger partial charge in [-0.3, -0.25) is 14.7 Å². The summed E-state index contributed by atoms with van der Waals surface area (Å²) in [5.41, 5.74) is 2.25. The molecule has 0 fully saturated rings. The lowest BCUT2D eigenvalue weighted by Gasteiger charge is -2.04. The Bertz CT molecular complexity index is 839. The average molecular weight is 312 g/mol. The monoisotopic (exact) mass is 312 g/mol. The number of aromatic amines is 2. The Morgan fingerprint density at radius 2 is 2.09 bits per heavy atom. The van der Waals surface area contributed by atoms with Crippen LogP contribution in [-0.4, -0.2) is 31.7 Å². The van der Waals surface area contributed by atoms with Crippen LogP contribution in [0.2, 0.25) is 0 Å². The molecular formula is C16H13FN4O2. The third-order valence-electron chi connectivity index (χ3n) is 3.42. The van der Waals surface area contributed by atoms with Gasteiger partial charge in [-0.25, -0.2) is 9.37 Å². The number of hydrogen-bond acceptors (Lipinski definition) is 4. The number of H-pyrrole nitrogens is 2. The number of aromatic nitrogens is 4. The number of Topliss-reactive ketones (excluding diaryl/α,β-unsaturated/α-hetero) is 2. The minimum Gasteiger partial charge on any atom is -0.364 e. The molecule has 2 heterocycles. The van der Waals surface area contributed by atoms with Crippen molar-refractivity contribution in [1.29, 1.82) is 0 Å². The summed E-state index contributed by atoms with van der Waals surface area (Å²) in [7, 11) is 0. The lowest BCUT2D eigenvalue weighted by Crippen LogP contribution is -2.18. The second kappa shape index (κ2) is 6.35. The van der Waals surface area contributed by atoms with Gasteiger partial charge in [0.15, 0.2) is 0 Å². The van der Waals surface area contributed by atoms with Gasteiger partial charge in [-0.05, 0) is 29.3 Å². The van der Waals surface area contributed by atoms with E-state index in [4.69, 9.17) is 0 Å². The second-order valence-corrected chi connectivity index (χ2v) is 5.04.